The summed E-state index contributed by atoms with van der Waals surface area (Å²) in [5.41, 5.74) is 8.32. The van der Waals surface area contributed by atoms with E-state index >= 15 is 0 Å². The molecule has 22 heteroatoms. The van der Waals surface area contributed by atoms with Crippen molar-refractivity contribution in [2.75, 3.05) is 67.1 Å². The quantitative estimate of drug-likeness (QED) is 0.0753. The SMILES string of the molecule is COc1cc(C)c2[nH]ccc2c1CN1CCN(C)CC1c1ccc(C(=O)ON2C(=O)CCC2=O)cc1.COc1cc(C)c2[nH]ccc2c1CN1CCN(CC(F)(F)C(F)F)C[C@H]1c1ccc(C(=O)ON2C(=O)CCC2=O)cc1. The zero-order chi connectivity index (χ0) is 55.6. The van der Waals surface area contributed by atoms with E-state index in [-0.39, 0.29) is 55.9 Å². The minimum atomic E-state index is -4.16. The number of aromatic amines is 2. The summed E-state index contributed by atoms with van der Waals surface area (Å²) in [5.74, 6) is -6.44. The van der Waals surface area contributed by atoms with E-state index in [1.807, 2.05) is 43.6 Å². The molecule has 6 aromatic rings. The number of aromatic nitrogens is 2. The maximum absolute atomic E-state index is 14.0. The van der Waals surface area contributed by atoms with Gasteiger partial charge in [0, 0.05) is 135 Å². The van der Waals surface area contributed by atoms with Crippen LogP contribution in [-0.4, -0.2) is 155 Å². The van der Waals surface area contributed by atoms with Gasteiger partial charge in [-0.1, -0.05) is 24.3 Å². The lowest BCUT2D eigenvalue weighted by atomic mass is 9.98. The molecule has 4 fully saturated rings. The van der Waals surface area contributed by atoms with Crippen molar-refractivity contribution >= 4 is 57.4 Å². The van der Waals surface area contributed by atoms with E-state index in [1.54, 1.807) is 38.5 Å². The van der Waals surface area contributed by atoms with Gasteiger partial charge in [0.2, 0.25) is 0 Å². The number of carbonyl (C=O) groups is 6. The number of piperazine rings is 2. The van der Waals surface area contributed by atoms with Crippen LogP contribution in [0, 0.1) is 13.8 Å². The zero-order valence-corrected chi connectivity index (χ0v) is 43.8. The topological polar surface area (TPSA) is 190 Å². The highest BCUT2D eigenvalue weighted by atomic mass is 19.3. The molecule has 4 saturated heterocycles. The number of fused-ring (bicyclic) bond motifs is 2. The molecule has 2 aromatic heterocycles. The molecule has 0 aliphatic carbocycles. The molecule has 4 amide bonds. The summed E-state index contributed by atoms with van der Waals surface area (Å²) >= 11 is 0. The number of hydroxylamine groups is 4. The van der Waals surface area contributed by atoms with E-state index in [0.29, 0.717) is 34.5 Å². The van der Waals surface area contributed by atoms with Crippen molar-refractivity contribution in [2.24, 2.45) is 0 Å². The molecule has 4 aliphatic heterocycles. The summed E-state index contributed by atoms with van der Waals surface area (Å²) in [4.78, 5) is 97.0. The first-order valence-corrected chi connectivity index (χ1v) is 25.5. The molecular formula is C56H60F4N8O10. The Hall–Kier alpha value is -7.66. The van der Waals surface area contributed by atoms with E-state index in [9.17, 15) is 46.3 Å². The van der Waals surface area contributed by atoms with Crippen LogP contribution in [-0.2, 0) is 41.9 Å². The summed E-state index contributed by atoms with van der Waals surface area (Å²) in [6.07, 6.45) is 0.0579. The second-order valence-corrected chi connectivity index (χ2v) is 20.0. The van der Waals surface area contributed by atoms with Gasteiger partial charge in [-0.05, 0) is 91.7 Å². The minimum absolute atomic E-state index is 0.0351. The first kappa shape index (κ1) is 55.1. The summed E-state index contributed by atoms with van der Waals surface area (Å²) in [5, 5.41) is 3.14. The average Bonchev–Trinajstić information content (AvgIpc) is 4.35. The third-order valence-corrected chi connectivity index (χ3v) is 14.8. The average molecular weight is 1080 g/mol. The van der Waals surface area contributed by atoms with Crippen LogP contribution < -0.4 is 9.47 Å². The summed E-state index contributed by atoms with van der Waals surface area (Å²) in [6, 6.07) is 21.0. The molecule has 0 radical (unpaired) electrons. The molecule has 78 heavy (non-hydrogen) atoms. The van der Waals surface area contributed by atoms with Crippen molar-refractivity contribution in [3.8, 4) is 11.5 Å². The summed E-state index contributed by atoms with van der Waals surface area (Å²) < 4.78 is 65.5. The fourth-order valence-electron chi connectivity index (χ4n) is 10.6. The van der Waals surface area contributed by atoms with Crippen molar-refractivity contribution in [1.82, 2.24) is 39.7 Å². The predicted octanol–water partition coefficient (Wildman–Crippen LogP) is 7.66. The number of benzene rings is 4. The second kappa shape index (κ2) is 23.1. The van der Waals surface area contributed by atoms with E-state index < -0.39 is 60.5 Å². The minimum Gasteiger partial charge on any atom is -0.496 e. The third kappa shape index (κ3) is 11.6. The molecule has 18 nitrogen and oxygen atoms in total. The monoisotopic (exact) mass is 1080 g/mol. The molecule has 2 atom stereocenters. The smallest absolute Gasteiger partial charge is 0.363 e. The van der Waals surface area contributed by atoms with Gasteiger partial charge in [-0.3, -0.25) is 33.9 Å². The Bertz CT molecular complexity index is 3210. The maximum atomic E-state index is 14.0. The molecule has 10 rings (SSSR count). The Morgan fingerprint density at radius 2 is 1.03 bits per heavy atom. The zero-order valence-electron chi connectivity index (χ0n) is 43.8. The van der Waals surface area contributed by atoms with Crippen LogP contribution in [0.1, 0.15) is 91.9 Å². The molecular weight excluding hydrogens is 1020 g/mol. The predicted molar refractivity (Wildman–Crippen MR) is 276 cm³/mol. The number of ether oxygens (including phenoxy) is 2. The number of aryl methyl sites for hydroxylation is 2. The molecule has 0 spiro atoms. The van der Waals surface area contributed by atoms with E-state index in [0.717, 1.165) is 81.6 Å². The van der Waals surface area contributed by atoms with Crippen LogP contribution in [0.25, 0.3) is 21.8 Å². The van der Waals surface area contributed by atoms with E-state index in [1.165, 1.54) is 17.0 Å². The third-order valence-electron chi connectivity index (χ3n) is 14.8. The van der Waals surface area contributed by atoms with Gasteiger partial charge in [-0.2, -0.15) is 8.78 Å². The molecule has 4 aromatic carbocycles. The molecule has 0 bridgehead atoms. The molecule has 6 heterocycles. The molecule has 412 valence electrons. The lowest BCUT2D eigenvalue weighted by Gasteiger charge is -2.42. The Labute approximate surface area is 446 Å². The number of amides is 4. The van der Waals surface area contributed by atoms with Gasteiger partial charge in [0.25, 0.3) is 23.6 Å². The van der Waals surface area contributed by atoms with Gasteiger partial charge >= 0.3 is 24.3 Å². The van der Waals surface area contributed by atoms with Crippen molar-refractivity contribution in [3.63, 3.8) is 0 Å². The Morgan fingerprint density at radius 3 is 1.44 bits per heavy atom. The number of carbonyl (C=O) groups excluding carboxylic acids is 6. The number of nitrogens with zero attached hydrogens (tertiary/aromatic N) is 6. The highest BCUT2D eigenvalue weighted by Gasteiger charge is 2.44. The van der Waals surface area contributed by atoms with Gasteiger partial charge < -0.3 is 34.0 Å². The highest BCUT2D eigenvalue weighted by molar-refractivity contribution is 6.03. The lowest BCUT2D eigenvalue weighted by molar-refractivity contribution is -0.173. The first-order chi connectivity index (χ1) is 37.3. The summed E-state index contributed by atoms with van der Waals surface area (Å²) in [7, 11) is 5.38. The van der Waals surface area contributed by atoms with E-state index in [4.69, 9.17) is 19.1 Å². The lowest BCUT2D eigenvalue weighted by Crippen LogP contribution is -2.52. The Morgan fingerprint density at radius 1 is 0.615 bits per heavy atom. The highest BCUT2D eigenvalue weighted by Crippen LogP contribution is 2.38. The molecule has 2 N–H and O–H groups in total. The number of halogens is 4. The maximum Gasteiger partial charge on any atom is 0.363 e. The van der Waals surface area contributed by atoms with Gasteiger partial charge in [0.15, 0.2) is 0 Å². The van der Waals surface area contributed by atoms with Gasteiger partial charge in [0.05, 0.1) is 31.9 Å². The Balaban J connectivity index is 0.000000192. The van der Waals surface area contributed by atoms with Crippen LogP contribution in [0.2, 0.25) is 0 Å². The number of H-pyrrole nitrogens is 2. The number of rotatable bonds is 15. The number of hydrogen-bond acceptors (Lipinski definition) is 14. The van der Waals surface area contributed by atoms with Crippen molar-refractivity contribution in [3.05, 3.63) is 130 Å². The second-order valence-electron chi connectivity index (χ2n) is 20.0. The molecule has 0 saturated carbocycles. The van der Waals surface area contributed by atoms with Gasteiger partial charge in [-0.25, -0.2) is 18.4 Å². The normalized spacial score (nSPS) is 19.1. The van der Waals surface area contributed by atoms with Crippen LogP contribution in [0.15, 0.2) is 85.2 Å². The van der Waals surface area contributed by atoms with E-state index in [2.05, 4.69) is 50.8 Å². The van der Waals surface area contributed by atoms with Crippen LogP contribution in [0.3, 0.4) is 0 Å². The molecule has 4 aliphatic rings. The number of imide groups is 2. The summed E-state index contributed by atoms with van der Waals surface area (Å²) in [6.45, 7) is 7.19. The Kier molecular flexibility index (Phi) is 16.3. The fourth-order valence-corrected chi connectivity index (χ4v) is 10.6. The van der Waals surface area contributed by atoms with Crippen molar-refractivity contribution in [2.45, 2.75) is 77.1 Å². The fraction of sp³-hybridized carbons (Fsp3) is 0.393. The van der Waals surface area contributed by atoms with Crippen LogP contribution >= 0.6 is 0 Å². The number of hydrogen-bond donors (Lipinski definition) is 2. The van der Waals surface area contributed by atoms with Crippen LogP contribution in [0.4, 0.5) is 17.6 Å². The van der Waals surface area contributed by atoms with Crippen molar-refractivity contribution < 1.29 is 65.5 Å². The van der Waals surface area contributed by atoms with Gasteiger partial charge in [0.1, 0.15) is 11.5 Å². The number of methoxy groups -OCH3 is 2. The van der Waals surface area contributed by atoms with Gasteiger partial charge in [-0.15, -0.1) is 10.1 Å². The van der Waals surface area contributed by atoms with Crippen molar-refractivity contribution in [1.29, 1.82) is 0 Å². The number of likely N-dealkylation sites (N-methyl/N-ethyl adjacent to an activating group) is 1. The number of alkyl halides is 4. The number of nitrogens with one attached hydrogen (secondary N) is 2. The largest absolute Gasteiger partial charge is 0.496 e. The molecule has 1 unspecified atom stereocenters. The standard InChI is InChI=1S/C29H30F4N4O5.C27H30N4O5/c1-17-13-23(41-2)21(20-9-10-34-26(17)20)14-36-12-11-35(16-29(32,33)28(30)31)15-22(36)18-3-5-19(6-4-18)27(40)42-37-24(38)7-8-25(37)39;1-17-14-23(35-3)21(20-10-11-28-26(17)20)15-30-13-12-29(2)16-22(30)18-4-6-19(7-5-18)27(34)36-31-24(32)8-9-25(31)33/h3-6,9-10,13,22,28,34H,7-8,11-12,14-16H2,1-2H3;4-7,10-11,14,22,28H,8-9,12-13,15-16H2,1-3H3/t22-;/m0./s1. The first-order valence-electron chi connectivity index (χ1n) is 25.5. The van der Waals surface area contributed by atoms with Crippen LogP contribution in [0.5, 0.6) is 11.5 Å².